The number of hydrogen-bond acceptors (Lipinski definition) is 4. The molecule has 3 aromatic rings. The second-order valence-electron chi connectivity index (χ2n) is 7.13. The van der Waals surface area contributed by atoms with Gasteiger partial charge >= 0.3 is 0 Å². The van der Waals surface area contributed by atoms with Crippen molar-refractivity contribution in [1.82, 2.24) is 14.3 Å². The van der Waals surface area contributed by atoms with Gasteiger partial charge in [0.1, 0.15) is 11.6 Å². The maximum atomic E-state index is 13.2. The lowest BCUT2D eigenvalue weighted by molar-refractivity contribution is 0.0985. The van der Waals surface area contributed by atoms with E-state index in [-0.39, 0.29) is 17.4 Å². The van der Waals surface area contributed by atoms with Crippen LogP contribution in [0.5, 0.6) is 0 Å². The highest BCUT2D eigenvalue weighted by Crippen LogP contribution is 2.23. The molecule has 0 radical (unpaired) electrons. The molecule has 6 nitrogen and oxygen atoms in total. The number of rotatable bonds is 3. The van der Waals surface area contributed by atoms with E-state index in [0.717, 1.165) is 23.5 Å². The Balaban J connectivity index is 1.79. The number of hydrogen-bond donors (Lipinski definition) is 0. The van der Waals surface area contributed by atoms with Crippen molar-refractivity contribution >= 4 is 16.9 Å². The fourth-order valence-corrected chi connectivity index (χ4v) is 3.67. The number of fused-ring (bicyclic) bond motifs is 1. The first-order chi connectivity index (χ1) is 13.0. The minimum absolute atomic E-state index is 0.0802. The fourth-order valence-electron chi connectivity index (χ4n) is 3.67. The Hall–Kier alpha value is -2.67. The second kappa shape index (κ2) is 6.81. The van der Waals surface area contributed by atoms with Gasteiger partial charge in [-0.05, 0) is 43.2 Å². The Bertz CT molecular complexity index is 1040. The van der Waals surface area contributed by atoms with Gasteiger partial charge in [0.05, 0.1) is 31.2 Å². The molecule has 0 aliphatic carbocycles. The van der Waals surface area contributed by atoms with Crippen molar-refractivity contribution in [3.8, 4) is 0 Å². The van der Waals surface area contributed by atoms with Crippen molar-refractivity contribution in [2.24, 2.45) is 7.05 Å². The van der Waals surface area contributed by atoms with Crippen LogP contribution in [0.15, 0.2) is 35.1 Å². The highest BCUT2D eigenvalue weighted by atomic mass is 19.1. The van der Waals surface area contributed by atoms with E-state index in [0.29, 0.717) is 30.8 Å². The van der Waals surface area contributed by atoms with E-state index in [1.54, 1.807) is 21.5 Å². The van der Waals surface area contributed by atoms with Gasteiger partial charge in [0.15, 0.2) is 5.65 Å². The van der Waals surface area contributed by atoms with E-state index >= 15 is 0 Å². The average molecular weight is 370 g/mol. The Morgan fingerprint density at radius 2 is 2.04 bits per heavy atom. The molecule has 1 saturated heterocycles. The maximum absolute atomic E-state index is 13.2. The molecule has 1 aliphatic rings. The molecule has 3 heterocycles. The summed E-state index contributed by atoms with van der Waals surface area (Å²) in [6, 6.07) is 8.42. The summed E-state index contributed by atoms with van der Waals surface area (Å²) in [7, 11) is 1.84. The van der Waals surface area contributed by atoms with E-state index < -0.39 is 0 Å². The standard InChI is InChI=1S/C20H23FN4O2/c1-13-10-17(24-8-9-27-12-14(24)2)22-19-18(13)20(26)25(23(19)3)11-15-4-6-16(21)7-5-15/h4-7,10,14H,8-9,11-12H2,1-3H3/t14-/m1/s1. The molecule has 0 amide bonds. The maximum Gasteiger partial charge on any atom is 0.276 e. The van der Waals surface area contributed by atoms with Crippen LogP contribution in [0.2, 0.25) is 0 Å². The quantitative estimate of drug-likeness (QED) is 0.711. The molecular formula is C20H23FN4O2. The molecule has 0 N–H and O–H groups in total. The lowest BCUT2D eigenvalue weighted by atomic mass is 10.2. The Morgan fingerprint density at radius 3 is 2.74 bits per heavy atom. The van der Waals surface area contributed by atoms with Crippen LogP contribution in [0, 0.1) is 12.7 Å². The molecule has 0 saturated carbocycles. The molecule has 1 aliphatic heterocycles. The normalized spacial score (nSPS) is 17.6. The van der Waals surface area contributed by atoms with E-state index in [1.807, 2.05) is 20.0 Å². The summed E-state index contributed by atoms with van der Waals surface area (Å²) in [5, 5.41) is 0.629. The number of pyridine rings is 1. The number of anilines is 1. The third kappa shape index (κ3) is 3.12. The van der Waals surface area contributed by atoms with Gasteiger partial charge in [0.25, 0.3) is 5.56 Å². The molecule has 1 atom stereocenters. The number of morpholine rings is 1. The van der Waals surface area contributed by atoms with Crippen molar-refractivity contribution in [3.05, 3.63) is 57.6 Å². The van der Waals surface area contributed by atoms with Gasteiger partial charge in [0.2, 0.25) is 0 Å². The third-order valence-corrected chi connectivity index (χ3v) is 5.21. The topological polar surface area (TPSA) is 52.3 Å². The molecule has 2 aromatic heterocycles. The number of ether oxygens (including phenoxy) is 1. The highest BCUT2D eigenvalue weighted by Gasteiger charge is 2.23. The number of aryl methyl sites for hydroxylation is 2. The predicted molar refractivity (Wildman–Crippen MR) is 103 cm³/mol. The summed E-state index contributed by atoms with van der Waals surface area (Å²) < 4.78 is 22.1. The van der Waals surface area contributed by atoms with Gasteiger partial charge in [-0.25, -0.2) is 14.1 Å². The molecule has 0 unspecified atom stereocenters. The summed E-state index contributed by atoms with van der Waals surface area (Å²) in [5.74, 6) is 0.579. The molecule has 1 aromatic carbocycles. The average Bonchev–Trinajstić information content (AvgIpc) is 2.89. The molecule has 4 rings (SSSR count). The summed E-state index contributed by atoms with van der Waals surface area (Å²) in [6.07, 6.45) is 0. The Morgan fingerprint density at radius 1 is 1.30 bits per heavy atom. The van der Waals surface area contributed by atoms with Crippen molar-refractivity contribution < 1.29 is 9.13 Å². The SMILES string of the molecule is Cc1cc(N2CCOC[C@H]2C)nc2c1c(=O)n(Cc1ccc(F)cc1)n2C. The number of benzene rings is 1. The smallest absolute Gasteiger partial charge is 0.276 e. The zero-order valence-electron chi connectivity index (χ0n) is 15.8. The Kier molecular flexibility index (Phi) is 4.47. The van der Waals surface area contributed by atoms with Gasteiger partial charge in [0, 0.05) is 13.6 Å². The minimum atomic E-state index is -0.287. The van der Waals surface area contributed by atoms with Crippen molar-refractivity contribution in [1.29, 1.82) is 0 Å². The van der Waals surface area contributed by atoms with Crippen LogP contribution >= 0.6 is 0 Å². The van der Waals surface area contributed by atoms with Crippen molar-refractivity contribution in [3.63, 3.8) is 0 Å². The van der Waals surface area contributed by atoms with Gasteiger partial charge in [-0.1, -0.05) is 12.1 Å². The van der Waals surface area contributed by atoms with Crippen LogP contribution in [-0.4, -0.2) is 40.1 Å². The summed E-state index contributed by atoms with van der Waals surface area (Å²) >= 11 is 0. The number of aromatic nitrogens is 3. The number of nitrogens with zero attached hydrogens (tertiary/aromatic N) is 4. The van der Waals surface area contributed by atoms with Crippen LogP contribution in [0.3, 0.4) is 0 Å². The predicted octanol–water partition coefficient (Wildman–Crippen LogP) is 2.46. The molecule has 1 fully saturated rings. The van der Waals surface area contributed by atoms with Gasteiger partial charge in [-0.3, -0.25) is 9.48 Å². The first-order valence-electron chi connectivity index (χ1n) is 9.11. The molecule has 7 heteroatoms. The number of halogens is 1. The van der Waals surface area contributed by atoms with E-state index in [9.17, 15) is 9.18 Å². The second-order valence-corrected chi connectivity index (χ2v) is 7.13. The lowest BCUT2D eigenvalue weighted by Gasteiger charge is -2.34. The highest BCUT2D eigenvalue weighted by molar-refractivity contribution is 5.81. The van der Waals surface area contributed by atoms with E-state index in [4.69, 9.17) is 9.72 Å². The van der Waals surface area contributed by atoms with Crippen LogP contribution in [-0.2, 0) is 18.3 Å². The van der Waals surface area contributed by atoms with Gasteiger partial charge < -0.3 is 9.64 Å². The summed E-state index contributed by atoms with van der Waals surface area (Å²) in [4.78, 5) is 20.0. The zero-order valence-corrected chi connectivity index (χ0v) is 15.8. The van der Waals surface area contributed by atoms with Crippen molar-refractivity contribution in [2.45, 2.75) is 26.4 Å². The summed E-state index contributed by atoms with van der Waals surface area (Å²) in [6.45, 7) is 6.55. The first kappa shape index (κ1) is 17.7. The molecule has 27 heavy (non-hydrogen) atoms. The summed E-state index contributed by atoms with van der Waals surface area (Å²) in [5.41, 5.74) is 2.36. The van der Waals surface area contributed by atoms with E-state index in [1.165, 1.54) is 12.1 Å². The molecular weight excluding hydrogens is 347 g/mol. The first-order valence-corrected chi connectivity index (χ1v) is 9.11. The van der Waals surface area contributed by atoms with Crippen molar-refractivity contribution in [2.75, 3.05) is 24.7 Å². The van der Waals surface area contributed by atoms with E-state index in [2.05, 4.69) is 11.8 Å². The largest absolute Gasteiger partial charge is 0.377 e. The van der Waals surface area contributed by atoms with Crippen LogP contribution in [0.1, 0.15) is 18.1 Å². The van der Waals surface area contributed by atoms with Crippen LogP contribution in [0.25, 0.3) is 11.0 Å². The molecule has 0 spiro atoms. The molecule has 142 valence electrons. The lowest BCUT2D eigenvalue weighted by Crippen LogP contribution is -2.44. The molecule has 0 bridgehead atoms. The third-order valence-electron chi connectivity index (χ3n) is 5.21. The van der Waals surface area contributed by atoms with Crippen LogP contribution in [0.4, 0.5) is 10.2 Å². The monoisotopic (exact) mass is 370 g/mol. The zero-order chi connectivity index (χ0) is 19.1. The fraction of sp³-hybridized carbons (Fsp3) is 0.400. The van der Waals surface area contributed by atoms with Gasteiger partial charge in [-0.15, -0.1) is 0 Å². The van der Waals surface area contributed by atoms with Crippen LogP contribution < -0.4 is 10.5 Å². The Labute approximate surface area is 156 Å². The van der Waals surface area contributed by atoms with Gasteiger partial charge in [-0.2, -0.15) is 0 Å². The minimum Gasteiger partial charge on any atom is -0.377 e.